The predicted molar refractivity (Wildman–Crippen MR) is 98.7 cm³/mol. The Morgan fingerprint density at radius 3 is 2.48 bits per heavy atom. The van der Waals surface area contributed by atoms with Crippen LogP contribution in [0.2, 0.25) is 0 Å². The van der Waals surface area contributed by atoms with Crippen LogP contribution in [0.5, 0.6) is 5.75 Å². The van der Waals surface area contributed by atoms with Crippen LogP contribution in [0.25, 0.3) is 10.1 Å². The molecule has 0 unspecified atom stereocenters. The molecule has 3 aromatic rings. The second-order valence-electron chi connectivity index (χ2n) is 5.21. The number of carbonyl (C=O) groups excluding carboxylic acids is 2. The highest BCUT2D eigenvalue weighted by Crippen LogP contribution is 2.36. The average Bonchev–Trinajstić information content (AvgIpc) is 2.99. The van der Waals surface area contributed by atoms with Gasteiger partial charge in [-0.15, -0.1) is 11.3 Å². The normalized spacial score (nSPS) is 10.5. The molecule has 0 aliphatic rings. The summed E-state index contributed by atoms with van der Waals surface area (Å²) in [6.07, 6.45) is 0. The quantitative estimate of drug-likeness (QED) is 0.692. The van der Waals surface area contributed by atoms with Crippen molar-refractivity contribution in [2.75, 3.05) is 19.0 Å². The number of benzene rings is 2. The molecule has 1 heterocycles. The van der Waals surface area contributed by atoms with E-state index in [1.54, 1.807) is 24.3 Å². The second-order valence-corrected chi connectivity index (χ2v) is 6.26. The van der Waals surface area contributed by atoms with Crippen molar-refractivity contribution in [1.82, 2.24) is 0 Å². The number of hydrogen-bond acceptors (Lipinski definition) is 5. The Balaban J connectivity index is 1.91. The van der Waals surface area contributed by atoms with E-state index in [1.807, 2.05) is 31.2 Å². The molecule has 6 heteroatoms. The number of amides is 1. The number of carbonyl (C=O) groups is 2. The summed E-state index contributed by atoms with van der Waals surface area (Å²) in [5.41, 5.74) is 0.860. The molecule has 0 aliphatic heterocycles. The molecule has 0 spiro atoms. The lowest BCUT2D eigenvalue weighted by atomic mass is 10.1. The Labute approximate surface area is 149 Å². The lowest BCUT2D eigenvalue weighted by molar-refractivity contribution is 0.0604. The fraction of sp³-hybridized carbons (Fsp3) is 0.158. The van der Waals surface area contributed by atoms with E-state index in [-0.39, 0.29) is 5.91 Å². The van der Waals surface area contributed by atoms with Gasteiger partial charge in [0.05, 0.1) is 13.7 Å². The number of esters is 1. The van der Waals surface area contributed by atoms with Crippen LogP contribution in [-0.2, 0) is 4.74 Å². The molecule has 0 atom stereocenters. The molecule has 5 nitrogen and oxygen atoms in total. The SMILES string of the molecule is CCOc1ccc(C(=O)Nc2sc3ccccc3c2C(=O)OC)cc1. The third-order valence-corrected chi connectivity index (χ3v) is 4.73. The molecule has 0 bridgehead atoms. The Bertz CT molecular complexity index is 915. The first-order valence-electron chi connectivity index (χ1n) is 7.78. The van der Waals surface area contributed by atoms with Crippen LogP contribution >= 0.6 is 11.3 Å². The Morgan fingerprint density at radius 1 is 1.08 bits per heavy atom. The van der Waals surface area contributed by atoms with Crippen molar-refractivity contribution < 1.29 is 19.1 Å². The van der Waals surface area contributed by atoms with Crippen LogP contribution in [0.15, 0.2) is 48.5 Å². The first-order valence-corrected chi connectivity index (χ1v) is 8.59. The van der Waals surface area contributed by atoms with E-state index in [1.165, 1.54) is 18.4 Å². The van der Waals surface area contributed by atoms with E-state index >= 15 is 0 Å². The summed E-state index contributed by atoms with van der Waals surface area (Å²) in [6.45, 7) is 2.46. The van der Waals surface area contributed by atoms with Gasteiger partial charge in [-0.25, -0.2) is 4.79 Å². The van der Waals surface area contributed by atoms with Crippen LogP contribution in [0.4, 0.5) is 5.00 Å². The van der Waals surface area contributed by atoms with Gasteiger partial charge in [-0.05, 0) is 37.3 Å². The largest absolute Gasteiger partial charge is 0.494 e. The summed E-state index contributed by atoms with van der Waals surface area (Å²) < 4.78 is 11.2. The molecule has 25 heavy (non-hydrogen) atoms. The number of rotatable bonds is 5. The van der Waals surface area contributed by atoms with Crippen molar-refractivity contribution in [3.05, 3.63) is 59.7 Å². The third-order valence-electron chi connectivity index (χ3n) is 3.64. The molecule has 2 aromatic carbocycles. The minimum Gasteiger partial charge on any atom is -0.494 e. The van der Waals surface area contributed by atoms with Gasteiger partial charge in [0, 0.05) is 15.6 Å². The molecule has 0 fully saturated rings. The average molecular weight is 355 g/mol. The number of anilines is 1. The van der Waals surface area contributed by atoms with Gasteiger partial charge in [-0.2, -0.15) is 0 Å². The Hall–Kier alpha value is -2.86. The number of ether oxygens (including phenoxy) is 2. The number of fused-ring (bicyclic) bond motifs is 1. The van der Waals surface area contributed by atoms with E-state index in [2.05, 4.69) is 5.32 Å². The van der Waals surface area contributed by atoms with Crippen LogP contribution in [0.1, 0.15) is 27.6 Å². The number of hydrogen-bond donors (Lipinski definition) is 1. The second kappa shape index (κ2) is 7.36. The zero-order valence-electron chi connectivity index (χ0n) is 13.9. The maximum absolute atomic E-state index is 12.5. The van der Waals surface area contributed by atoms with Crippen molar-refractivity contribution in [2.45, 2.75) is 6.92 Å². The third kappa shape index (κ3) is 3.49. The van der Waals surface area contributed by atoms with Crippen molar-refractivity contribution in [1.29, 1.82) is 0 Å². The Morgan fingerprint density at radius 2 is 1.80 bits per heavy atom. The minimum atomic E-state index is -0.473. The van der Waals surface area contributed by atoms with Crippen molar-refractivity contribution in [3.8, 4) is 5.75 Å². The number of nitrogens with one attached hydrogen (secondary N) is 1. The molecule has 3 rings (SSSR count). The van der Waals surface area contributed by atoms with Gasteiger partial charge in [-0.1, -0.05) is 18.2 Å². The molecule has 1 N–H and O–H groups in total. The van der Waals surface area contributed by atoms with E-state index in [4.69, 9.17) is 9.47 Å². The lowest BCUT2D eigenvalue weighted by Crippen LogP contribution is -2.13. The summed E-state index contributed by atoms with van der Waals surface area (Å²) in [7, 11) is 1.33. The van der Waals surface area contributed by atoms with E-state index in [0.29, 0.717) is 28.5 Å². The molecule has 0 saturated carbocycles. The van der Waals surface area contributed by atoms with E-state index < -0.39 is 5.97 Å². The van der Waals surface area contributed by atoms with E-state index in [9.17, 15) is 9.59 Å². The lowest BCUT2D eigenvalue weighted by Gasteiger charge is -2.07. The zero-order chi connectivity index (χ0) is 17.8. The molecule has 1 amide bonds. The summed E-state index contributed by atoms with van der Waals surface area (Å²) in [6, 6.07) is 14.3. The molecule has 0 aliphatic carbocycles. The smallest absolute Gasteiger partial charge is 0.341 e. The highest BCUT2D eigenvalue weighted by Gasteiger charge is 2.21. The van der Waals surface area contributed by atoms with Gasteiger partial charge in [0.15, 0.2) is 0 Å². The first-order chi connectivity index (χ1) is 12.1. The van der Waals surface area contributed by atoms with Gasteiger partial charge < -0.3 is 14.8 Å². The number of thiophene rings is 1. The predicted octanol–water partition coefficient (Wildman–Crippen LogP) is 4.34. The first kappa shape index (κ1) is 17.0. The number of methoxy groups -OCH3 is 1. The topological polar surface area (TPSA) is 64.6 Å². The highest BCUT2D eigenvalue weighted by atomic mass is 32.1. The van der Waals surface area contributed by atoms with Gasteiger partial charge in [0.2, 0.25) is 0 Å². The monoisotopic (exact) mass is 355 g/mol. The molecular weight excluding hydrogens is 338 g/mol. The molecule has 1 aromatic heterocycles. The maximum atomic E-state index is 12.5. The van der Waals surface area contributed by atoms with Crippen LogP contribution in [0.3, 0.4) is 0 Å². The fourth-order valence-electron chi connectivity index (χ4n) is 2.48. The van der Waals surface area contributed by atoms with Crippen molar-refractivity contribution >= 4 is 38.3 Å². The minimum absolute atomic E-state index is 0.292. The van der Waals surface area contributed by atoms with Crippen LogP contribution in [0, 0.1) is 0 Å². The summed E-state index contributed by atoms with van der Waals surface area (Å²) in [4.78, 5) is 24.7. The molecule has 128 valence electrons. The van der Waals surface area contributed by atoms with Crippen LogP contribution < -0.4 is 10.1 Å². The Kier molecular flexibility index (Phi) is 5.00. The molecule has 0 saturated heterocycles. The zero-order valence-corrected chi connectivity index (χ0v) is 14.7. The standard InChI is InChI=1S/C19H17NO4S/c1-3-24-13-10-8-12(9-11-13)17(21)20-18-16(19(22)23-2)14-6-4-5-7-15(14)25-18/h4-11H,3H2,1-2H3,(H,20,21). The van der Waals surface area contributed by atoms with Crippen LogP contribution in [-0.4, -0.2) is 25.6 Å². The summed E-state index contributed by atoms with van der Waals surface area (Å²) in [5, 5.41) is 4.06. The molecular formula is C19H17NO4S. The van der Waals surface area contributed by atoms with Gasteiger partial charge in [0.1, 0.15) is 16.3 Å². The highest BCUT2D eigenvalue weighted by molar-refractivity contribution is 7.23. The van der Waals surface area contributed by atoms with Crippen molar-refractivity contribution in [3.63, 3.8) is 0 Å². The maximum Gasteiger partial charge on any atom is 0.341 e. The van der Waals surface area contributed by atoms with Crippen molar-refractivity contribution in [2.24, 2.45) is 0 Å². The van der Waals surface area contributed by atoms with Gasteiger partial charge >= 0.3 is 5.97 Å². The summed E-state index contributed by atoms with van der Waals surface area (Å²) >= 11 is 1.34. The molecule has 0 radical (unpaired) electrons. The van der Waals surface area contributed by atoms with E-state index in [0.717, 1.165) is 10.1 Å². The fourth-order valence-corrected chi connectivity index (χ4v) is 3.57. The summed E-state index contributed by atoms with van der Waals surface area (Å²) in [5.74, 6) is -0.0598. The van der Waals surface area contributed by atoms with Gasteiger partial charge in [-0.3, -0.25) is 4.79 Å². The van der Waals surface area contributed by atoms with Gasteiger partial charge in [0.25, 0.3) is 5.91 Å².